The maximum absolute atomic E-state index is 12.4. The highest BCUT2D eigenvalue weighted by molar-refractivity contribution is 6.04. The first-order valence-electron chi connectivity index (χ1n) is 11.0. The number of aromatic nitrogens is 1. The number of benzene rings is 2. The van der Waals surface area contributed by atoms with Crippen LogP contribution in [-0.4, -0.2) is 48.3 Å². The van der Waals surface area contributed by atoms with Crippen molar-refractivity contribution < 1.29 is 19.1 Å². The molecule has 1 aliphatic heterocycles. The fourth-order valence-corrected chi connectivity index (χ4v) is 3.68. The average molecular weight is 459 g/mol. The summed E-state index contributed by atoms with van der Waals surface area (Å²) in [6, 6.07) is 18.4. The van der Waals surface area contributed by atoms with Crippen molar-refractivity contribution in [3.05, 3.63) is 83.7 Å². The molecule has 2 amide bonds. The molecule has 34 heavy (non-hydrogen) atoms. The number of anilines is 1. The van der Waals surface area contributed by atoms with Crippen molar-refractivity contribution in [1.29, 1.82) is 0 Å². The lowest BCUT2D eigenvalue weighted by molar-refractivity contribution is -0.131. The molecule has 0 atom stereocenters. The standard InChI is InChI=1S/C26H26N4O4/c1-33-23-12-8-19(17-24(23)34-2)21-11-13-25(31)30(29-21)16-14-18-6-9-20(10-7-18)28-26(32)22-5-3-4-15-27-22/h3-10,12,15,17H,11,13-14,16H2,1-2H3,(H,28,32). The van der Waals surface area contributed by atoms with Crippen LogP contribution < -0.4 is 14.8 Å². The van der Waals surface area contributed by atoms with Crippen LogP contribution in [0.1, 0.15) is 34.5 Å². The quantitative estimate of drug-likeness (QED) is 0.552. The van der Waals surface area contributed by atoms with Gasteiger partial charge in [-0.2, -0.15) is 5.10 Å². The molecule has 2 aromatic carbocycles. The SMILES string of the molecule is COc1ccc(C2=NN(CCc3ccc(NC(=O)c4ccccn4)cc3)C(=O)CC2)cc1OC. The van der Waals surface area contributed by atoms with E-state index in [0.29, 0.717) is 48.7 Å². The van der Waals surface area contributed by atoms with E-state index in [2.05, 4.69) is 15.4 Å². The summed E-state index contributed by atoms with van der Waals surface area (Å²) in [5.41, 5.74) is 3.83. The van der Waals surface area contributed by atoms with E-state index < -0.39 is 0 Å². The average Bonchev–Trinajstić information content (AvgIpc) is 2.89. The molecule has 3 aromatic rings. The van der Waals surface area contributed by atoms with E-state index in [0.717, 1.165) is 16.8 Å². The topological polar surface area (TPSA) is 93.1 Å². The molecule has 2 heterocycles. The Morgan fingerprint density at radius 3 is 2.50 bits per heavy atom. The van der Waals surface area contributed by atoms with Crippen LogP contribution in [0.3, 0.4) is 0 Å². The van der Waals surface area contributed by atoms with Gasteiger partial charge in [-0.3, -0.25) is 14.6 Å². The Hall–Kier alpha value is -4.20. The molecule has 1 aliphatic rings. The number of amides is 2. The molecule has 0 radical (unpaired) electrons. The van der Waals surface area contributed by atoms with Gasteiger partial charge in [-0.25, -0.2) is 5.01 Å². The van der Waals surface area contributed by atoms with E-state index in [1.807, 2.05) is 42.5 Å². The van der Waals surface area contributed by atoms with Gasteiger partial charge < -0.3 is 14.8 Å². The highest BCUT2D eigenvalue weighted by Gasteiger charge is 2.22. The van der Waals surface area contributed by atoms with Gasteiger partial charge in [0.2, 0.25) is 5.91 Å². The van der Waals surface area contributed by atoms with Crippen molar-refractivity contribution in [2.75, 3.05) is 26.1 Å². The molecule has 0 unspecified atom stereocenters. The van der Waals surface area contributed by atoms with E-state index in [4.69, 9.17) is 9.47 Å². The lowest BCUT2D eigenvalue weighted by Gasteiger charge is -2.24. The van der Waals surface area contributed by atoms with Gasteiger partial charge in [-0.15, -0.1) is 0 Å². The first kappa shape index (κ1) is 23.0. The highest BCUT2D eigenvalue weighted by Crippen LogP contribution is 2.29. The molecule has 0 aliphatic carbocycles. The number of hydrazone groups is 1. The van der Waals surface area contributed by atoms with Crippen LogP contribution in [0.2, 0.25) is 0 Å². The molecule has 0 saturated carbocycles. The second-order valence-corrected chi connectivity index (χ2v) is 7.75. The Labute approximate surface area is 198 Å². The van der Waals surface area contributed by atoms with Crippen LogP contribution in [0.25, 0.3) is 0 Å². The zero-order valence-electron chi connectivity index (χ0n) is 19.2. The minimum atomic E-state index is -0.260. The summed E-state index contributed by atoms with van der Waals surface area (Å²) < 4.78 is 10.7. The number of hydrogen-bond donors (Lipinski definition) is 1. The summed E-state index contributed by atoms with van der Waals surface area (Å²) in [6.07, 6.45) is 3.21. The minimum Gasteiger partial charge on any atom is -0.493 e. The Kier molecular flexibility index (Phi) is 7.17. The number of carbonyl (C=O) groups excluding carboxylic acids is 2. The first-order chi connectivity index (χ1) is 16.6. The van der Waals surface area contributed by atoms with Crippen molar-refractivity contribution in [3.63, 3.8) is 0 Å². The van der Waals surface area contributed by atoms with Crippen LogP contribution in [0.5, 0.6) is 11.5 Å². The Balaban J connectivity index is 1.39. The number of nitrogens with zero attached hydrogens (tertiary/aromatic N) is 3. The van der Waals surface area contributed by atoms with Gasteiger partial charge in [0.05, 0.1) is 19.9 Å². The zero-order valence-corrected chi connectivity index (χ0v) is 19.2. The number of carbonyl (C=O) groups is 2. The summed E-state index contributed by atoms with van der Waals surface area (Å²) in [5.74, 6) is 1.02. The molecule has 0 spiro atoms. The second kappa shape index (κ2) is 10.6. The molecule has 4 rings (SSSR count). The first-order valence-corrected chi connectivity index (χ1v) is 11.0. The molecule has 1 aromatic heterocycles. The Morgan fingerprint density at radius 2 is 1.79 bits per heavy atom. The molecule has 174 valence electrons. The number of nitrogens with one attached hydrogen (secondary N) is 1. The van der Waals surface area contributed by atoms with Gasteiger partial charge in [0.25, 0.3) is 5.91 Å². The van der Waals surface area contributed by atoms with Crippen LogP contribution in [0.15, 0.2) is 72.0 Å². The van der Waals surface area contributed by atoms with Gasteiger partial charge in [0, 0.05) is 36.8 Å². The third-order valence-corrected chi connectivity index (χ3v) is 5.54. The van der Waals surface area contributed by atoms with Crippen LogP contribution in [-0.2, 0) is 11.2 Å². The number of pyridine rings is 1. The fourth-order valence-electron chi connectivity index (χ4n) is 3.68. The van der Waals surface area contributed by atoms with E-state index in [1.165, 1.54) is 5.01 Å². The summed E-state index contributed by atoms with van der Waals surface area (Å²) in [6.45, 7) is 0.468. The molecule has 0 fully saturated rings. The van der Waals surface area contributed by atoms with Gasteiger partial charge in [-0.05, 0) is 54.4 Å². The molecule has 8 nitrogen and oxygen atoms in total. The minimum absolute atomic E-state index is 0.00321. The largest absolute Gasteiger partial charge is 0.493 e. The summed E-state index contributed by atoms with van der Waals surface area (Å²) in [7, 11) is 3.19. The predicted octanol–water partition coefficient (Wildman–Crippen LogP) is 3.92. The zero-order chi connectivity index (χ0) is 23.9. The molecule has 0 bridgehead atoms. The fraction of sp³-hybridized carbons (Fsp3) is 0.231. The predicted molar refractivity (Wildman–Crippen MR) is 129 cm³/mol. The van der Waals surface area contributed by atoms with Crippen LogP contribution in [0.4, 0.5) is 5.69 Å². The van der Waals surface area contributed by atoms with Crippen molar-refractivity contribution in [2.45, 2.75) is 19.3 Å². The number of hydrogen-bond acceptors (Lipinski definition) is 6. The summed E-state index contributed by atoms with van der Waals surface area (Å²) in [5, 5.41) is 8.98. The monoisotopic (exact) mass is 458 g/mol. The van der Waals surface area contributed by atoms with Gasteiger partial charge in [-0.1, -0.05) is 18.2 Å². The number of ether oxygens (including phenoxy) is 2. The maximum atomic E-state index is 12.4. The molecular weight excluding hydrogens is 432 g/mol. The smallest absolute Gasteiger partial charge is 0.274 e. The normalized spacial score (nSPS) is 13.3. The molecule has 8 heteroatoms. The van der Waals surface area contributed by atoms with Gasteiger partial charge in [0.15, 0.2) is 11.5 Å². The van der Waals surface area contributed by atoms with Crippen molar-refractivity contribution in [1.82, 2.24) is 9.99 Å². The van der Waals surface area contributed by atoms with Crippen molar-refractivity contribution in [2.24, 2.45) is 5.10 Å². The van der Waals surface area contributed by atoms with Crippen molar-refractivity contribution >= 4 is 23.2 Å². The van der Waals surface area contributed by atoms with Crippen molar-refractivity contribution in [3.8, 4) is 11.5 Å². The van der Waals surface area contributed by atoms with E-state index in [1.54, 1.807) is 38.6 Å². The summed E-state index contributed by atoms with van der Waals surface area (Å²) >= 11 is 0. The van der Waals surface area contributed by atoms with Crippen LogP contribution in [0, 0.1) is 0 Å². The Morgan fingerprint density at radius 1 is 1.00 bits per heavy atom. The van der Waals surface area contributed by atoms with E-state index in [9.17, 15) is 9.59 Å². The lowest BCUT2D eigenvalue weighted by Crippen LogP contribution is -2.33. The third kappa shape index (κ3) is 5.40. The lowest BCUT2D eigenvalue weighted by atomic mass is 10.0. The third-order valence-electron chi connectivity index (χ3n) is 5.54. The van der Waals surface area contributed by atoms with E-state index in [-0.39, 0.29) is 11.8 Å². The van der Waals surface area contributed by atoms with Gasteiger partial charge in [0.1, 0.15) is 5.69 Å². The molecule has 1 N–H and O–H groups in total. The summed E-state index contributed by atoms with van der Waals surface area (Å²) in [4.78, 5) is 28.7. The Bertz CT molecular complexity index is 1190. The number of methoxy groups -OCH3 is 2. The maximum Gasteiger partial charge on any atom is 0.274 e. The molecular formula is C26H26N4O4. The number of rotatable bonds is 8. The second-order valence-electron chi connectivity index (χ2n) is 7.75. The van der Waals surface area contributed by atoms with E-state index >= 15 is 0 Å². The molecule has 0 saturated heterocycles. The van der Waals surface area contributed by atoms with Crippen LogP contribution >= 0.6 is 0 Å². The highest BCUT2D eigenvalue weighted by atomic mass is 16.5. The van der Waals surface area contributed by atoms with Gasteiger partial charge >= 0.3 is 0 Å².